The third-order valence-electron chi connectivity index (χ3n) is 2.99. The zero-order chi connectivity index (χ0) is 13.8. The van der Waals surface area contributed by atoms with E-state index in [2.05, 4.69) is 0 Å². The molecule has 0 aliphatic rings. The number of aromatic carboxylic acids is 1. The predicted octanol–water partition coefficient (Wildman–Crippen LogP) is 2.45. The SMILES string of the molecule is CCC(O)(CC)COc1cc(F)ccc1C(=O)O. The minimum absolute atomic E-state index is 0.0657. The van der Waals surface area contributed by atoms with Crippen LogP contribution in [0.3, 0.4) is 0 Å². The molecule has 1 aromatic carbocycles. The third kappa shape index (κ3) is 3.43. The molecule has 18 heavy (non-hydrogen) atoms. The van der Waals surface area contributed by atoms with Gasteiger partial charge in [0.25, 0.3) is 0 Å². The molecule has 0 spiro atoms. The lowest BCUT2D eigenvalue weighted by molar-refractivity contribution is -0.0118. The molecular formula is C13H17FO4. The Bertz CT molecular complexity index is 427. The summed E-state index contributed by atoms with van der Waals surface area (Å²) in [5, 5.41) is 19.0. The van der Waals surface area contributed by atoms with E-state index in [4.69, 9.17) is 9.84 Å². The molecule has 100 valence electrons. The van der Waals surface area contributed by atoms with E-state index in [0.29, 0.717) is 12.8 Å². The molecule has 1 rings (SSSR count). The smallest absolute Gasteiger partial charge is 0.339 e. The molecule has 0 fully saturated rings. The third-order valence-corrected chi connectivity index (χ3v) is 2.99. The molecule has 0 aromatic heterocycles. The number of hydrogen-bond acceptors (Lipinski definition) is 3. The van der Waals surface area contributed by atoms with Crippen molar-refractivity contribution < 1.29 is 24.1 Å². The normalized spacial score (nSPS) is 11.3. The summed E-state index contributed by atoms with van der Waals surface area (Å²) in [7, 11) is 0. The van der Waals surface area contributed by atoms with Gasteiger partial charge >= 0.3 is 5.97 Å². The largest absolute Gasteiger partial charge is 0.490 e. The van der Waals surface area contributed by atoms with E-state index in [1.807, 2.05) is 0 Å². The Hall–Kier alpha value is -1.62. The van der Waals surface area contributed by atoms with Crippen LogP contribution >= 0.6 is 0 Å². The zero-order valence-corrected chi connectivity index (χ0v) is 10.4. The fourth-order valence-corrected chi connectivity index (χ4v) is 1.46. The van der Waals surface area contributed by atoms with Gasteiger partial charge in [-0.1, -0.05) is 13.8 Å². The maximum Gasteiger partial charge on any atom is 0.339 e. The lowest BCUT2D eigenvalue weighted by Gasteiger charge is -2.25. The molecule has 0 amide bonds. The molecular weight excluding hydrogens is 239 g/mol. The highest BCUT2D eigenvalue weighted by atomic mass is 19.1. The van der Waals surface area contributed by atoms with E-state index in [1.165, 1.54) is 0 Å². The number of carboxylic acids is 1. The van der Waals surface area contributed by atoms with Crippen molar-refractivity contribution in [2.45, 2.75) is 32.3 Å². The Kier molecular flexibility index (Phi) is 4.67. The van der Waals surface area contributed by atoms with Gasteiger partial charge in [0.2, 0.25) is 0 Å². The van der Waals surface area contributed by atoms with Gasteiger partial charge in [-0.05, 0) is 25.0 Å². The summed E-state index contributed by atoms with van der Waals surface area (Å²) in [5.74, 6) is -1.84. The average molecular weight is 256 g/mol. The van der Waals surface area contributed by atoms with Crippen LogP contribution in [0.1, 0.15) is 37.0 Å². The van der Waals surface area contributed by atoms with Gasteiger partial charge in [-0.15, -0.1) is 0 Å². The highest BCUT2D eigenvalue weighted by Crippen LogP contribution is 2.23. The lowest BCUT2D eigenvalue weighted by atomic mass is 9.99. The number of ether oxygens (including phenoxy) is 1. The first-order valence-electron chi connectivity index (χ1n) is 5.80. The second-order valence-electron chi connectivity index (χ2n) is 4.17. The van der Waals surface area contributed by atoms with E-state index >= 15 is 0 Å². The molecule has 0 atom stereocenters. The van der Waals surface area contributed by atoms with Crippen molar-refractivity contribution >= 4 is 5.97 Å². The minimum atomic E-state index is -1.19. The lowest BCUT2D eigenvalue weighted by Crippen LogP contribution is -2.34. The zero-order valence-electron chi connectivity index (χ0n) is 10.4. The summed E-state index contributed by atoms with van der Waals surface area (Å²) in [6, 6.07) is 3.21. The summed E-state index contributed by atoms with van der Waals surface area (Å²) >= 11 is 0. The maximum absolute atomic E-state index is 13.1. The Morgan fingerprint density at radius 1 is 1.39 bits per heavy atom. The summed E-state index contributed by atoms with van der Waals surface area (Å²) in [5.41, 5.74) is -1.15. The van der Waals surface area contributed by atoms with E-state index in [0.717, 1.165) is 18.2 Å². The Morgan fingerprint density at radius 3 is 2.50 bits per heavy atom. The first-order chi connectivity index (χ1) is 8.41. The highest BCUT2D eigenvalue weighted by Gasteiger charge is 2.24. The predicted molar refractivity (Wildman–Crippen MR) is 64.4 cm³/mol. The van der Waals surface area contributed by atoms with Crippen LogP contribution in [-0.2, 0) is 0 Å². The molecule has 0 bridgehead atoms. The minimum Gasteiger partial charge on any atom is -0.490 e. The highest BCUT2D eigenvalue weighted by molar-refractivity contribution is 5.90. The van der Waals surface area contributed by atoms with Gasteiger partial charge < -0.3 is 14.9 Å². The quantitative estimate of drug-likeness (QED) is 0.820. The van der Waals surface area contributed by atoms with Crippen LogP contribution in [0.5, 0.6) is 5.75 Å². The van der Waals surface area contributed by atoms with Gasteiger partial charge in [0.1, 0.15) is 23.7 Å². The van der Waals surface area contributed by atoms with Crippen LogP contribution in [-0.4, -0.2) is 28.4 Å². The molecule has 0 aliphatic heterocycles. The fourth-order valence-electron chi connectivity index (χ4n) is 1.46. The topological polar surface area (TPSA) is 66.8 Å². The number of rotatable bonds is 6. The first kappa shape index (κ1) is 14.4. The van der Waals surface area contributed by atoms with Crippen molar-refractivity contribution in [2.24, 2.45) is 0 Å². The van der Waals surface area contributed by atoms with E-state index in [1.54, 1.807) is 13.8 Å². The Balaban J connectivity index is 2.90. The summed E-state index contributed by atoms with van der Waals surface area (Å²) in [6.45, 7) is 3.54. The van der Waals surface area contributed by atoms with Crippen LogP contribution in [0.25, 0.3) is 0 Å². The van der Waals surface area contributed by atoms with Gasteiger partial charge in [-0.2, -0.15) is 0 Å². The molecule has 0 aliphatic carbocycles. The number of hydrogen-bond donors (Lipinski definition) is 2. The van der Waals surface area contributed by atoms with Crippen molar-refractivity contribution in [3.05, 3.63) is 29.6 Å². The number of benzene rings is 1. The molecule has 1 aromatic rings. The summed E-state index contributed by atoms with van der Waals surface area (Å²) < 4.78 is 18.3. The number of aliphatic hydroxyl groups is 1. The Labute approximate surface area is 105 Å². The molecule has 0 unspecified atom stereocenters. The van der Waals surface area contributed by atoms with E-state index in [-0.39, 0.29) is 17.9 Å². The van der Waals surface area contributed by atoms with Gasteiger partial charge in [0.15, 0.2) is 0 Å². The number of carbonyl (C=O) groups is 1. The van der Waals surface area contributed by atoms with Crippen molar-refractivity contribution in [1.82, 2.24) is 0 Å². The Morgan fingerprint density at radius 2 is 2.00 bits per heavy atom. The summed E-state index contributed by atoms with van der Waals surface area (Å²) in [4.78, 5) is 10.9. The van der Waals surface area contributed by atoms with Crippen molar-refractivity contribution in [3.8, 4) is 5.75 Å². The van der Waals surface area contributed by atoms with E-state index in [9.17, 15) is 14.3 Å². The van der Waals surface area contributed by atoms with Crippen molar-refractivity contribution in [1.29, 1.82) is 0 Å². The van der Waals surface area contributed by atoms with Gasteiger partial charge in [-0.3, -0.25) is 0 Å². The van der Waals surface area contributed by atoms with Gasteiger partial charge in [0, 0.05) is 6.07 Å². The molecule has 0 radical (unpaired) electrons. The fraction of sp³-hybridized carbons (Fsp3) is 0.462. The standard InChI is InChI=1S/C13H17FO4/c1-3-13(17,4-2)8-18-11-7-9(14)5-6-10(11)12(15)16/h5-7,17H,3-4,8H2,1-2H3,(H,15,16). The molecule has 0 heterocycles. The molecule has 2 N–H and O–H groups in total. The first-order valence-corrected chi connectivity index (χ1v) is 5.80. The van der Waals surface area contributed by atoms with Crippen LogP contribution in [0.15, 0.2) is 18.2 Å². The van der Waals surface area contributed by atoms with Gasteiger partial charge in [-0.25, -0.2) is 9.18 Å². The molecule has 4 nitrogen and oxygen atoms in total. The van der Waals surface area contributed by atoms with Crippen LogP contribution < -0.4 is 4.74 Å². The van der Waals surface area contributed by atoms with Crippen LogP contribution in [0.2, 0.25) is 0 Å². The maximum atomic E-state index is 13.1. The molecule has 5 heteroatoms. The monoisotopic (exact) mass is 256 g/mol. The van der Waals surface area contributed by atoms with Gasteiger partial charge in [0.05, 0.1) is 5.60 Å². The molecule has 0 saturated carbocycles. The summed E-state index contributed by atoms with van der Waals surface area (Å²) in [6.07, 6.45) is 0.947. The van der Waals surface area contributed by atoms with Crippen molar-refractivity contribution in [3.63, 3.8) is 0 Å². The van der Waals surface area contributed by atoms with Crippen molar-refractivity contribution in [2.75, 3.05) is 6.61 Å². The van der Waals surface area contributed by atoms with Crippen LogP contribution in [0.4, 0.5) is 4.39 Å². The van der Waals surface area contributed by atoms with E-state index < -0.39 is 17.4 Å². The van der Waals surface area contributed by atoms with Crippen LogP contribution in [0, 0.1) is 5.82 Å². The number of halogens is 1. The number of carboxylic acid groups (broad SMARTS) is 1. The molecule has 0 saturated heterocycles. The second kappa shape index (κ2) is 5.82. The average Bonchev–Trinajstić information content (AvgIpc) is 2.35. The second-order valence-corrected chi connectivity index (χ2v) is 4.17.